The van der Waals surface area contributed by atoms with Crippen LogP contribution in [-0.2, 0) is 0 Å². The Morgan fingerprint density at radius 3 is 2.56 bits per heavy atom. The monoisotopic (exact) mass is 335 g/mol. The summed E-state index contributed by atoms with van der Waals surface area (Å²) in [7, 11) is 0. The minimum Gasteiger partial charge on any atom is -0.338 e. The van der Waals surface area contributed by atoms with Gasteiger partial charge < -0.3 is 5.32 Å². The quantitative estimate of drug-likeness (QED) is 0.610. The summed E-state index contributed by atoms with van der Waals surface area (Å²) in [4.78, 5) is 16.8. The molecule has 1 aromatic carbocycles. The predicted octanol–water partition coefficient (Wildman–Crippen LogP) is 4.11. The smallest absolute Gasteiger partial charge is 0.163 e. The fraction of sp³-hybridized carbons (Fsp3) is 0. The van der Waals surface area contributed by atoms with Gasteiger partial charge in [-0.2, -0.15) is 0 Å². The largest absolute Gasteiger partial charge is 0.338 e. The van der Waals surface area contributed by atoms with E-state index < -0.39 is 11.6 Å². The molecule has 0 spiro atoms. The average Bonchev–Trinajstić information content (AvgIpc) is 2.63. The van der Waals surface area contributed by atoms with Crippen molar-refractivity contribution in [2.45, 2.75) is 0 Å². The van der Waals surface area contributed by atoms with Crippen LogP contribution in [-0.4, -0.2) is 19.9 Å². The molecule has 122 valence electrons. The van der Waals surface area contributed by atoms with Crippen molar-refractivity contribution in [2.24, 2.45) is 0 Å². The highest BCUT2D eigenvalue weighted by Gasteiger charge is 2.11. The Morgan fingerprint density at radius 2 is 1.76 bits per heavy atom. The van der Waals surface area contributed by atoms with Crippen LogP contribution in [0.3, 0.4) is 0 Å². The summed E-state index contributed by atoms with van der Waals surface area (Å²) in [6.45, 7) is 0. The molecule has 7 heteroatoms. The van der Waals surface area contributed by atoms with Gasteiger partial charge in [-0.15, -0.1) is 0 Å². The Bertz CT molecular complexity index is 1050. The zero-order chi connectivity index (χ0) is 17.2. The minimum atomic E-state index is -0.484. The lowest BCUT2D eigenvalue weighted by Crippen LogP contribution is -2.00. The summed E-state index contributed by atoms with van der Waals surface area (Å²) in [5, 5.41) is 3.47. The van der Waals surface area contributed by atoms with E-state index in [1.807, 2.05) is 6.07 Å². The van der Waals surface area contributed by atoms with E-state index in [1.54, 1.807) is 24.5 Å². The zero-order valence-corrected chi connectivity index (χ0v) is 12.8. The zero-order valence-electron chi connectivity index (χ0n) is 12.8. The van der Waals surface area contributed by atoms with Gasteiger partial charge in [0, 0.05) is 29.4 Å². The molecule has 0 bridgehead atoms. The summed E-state index contributed by atoms with van der Waals surface area (Å²) in [5.74, 6) is -0.109. The van der Waals surface area contributed by atoms with Gasteiger partial charge in [-0.05, 0) is 30.3 Å². The van der Waals surface area contributed by atoms with Crippen LogP contribution in [0.4, 0.5) is 20.3 Å². The second kappa shape index (κ2) is 6.20. The van der Waals surface area contributed by atoms with Gasteiger partial charge in [0.15, 0.2) is 5.82 Å². The number of rotatable bonds is 3. The maximum Gasteiger partial charge on any atom is 0.163 e. The maximum atomic E-state index is 13.7. The van der Waals surface area contributed by atoms with Crippen molar-refractivity contribution >= 4 is 22.4 Å². The summed E-state index contributed by atoms with van der Waals surface area (Å²) in [6, 6.07) is 9.11. The molecule has 1 N–H and O–H groups in total. The molecule has 0 unspecified atom stereocenters. The molecule has 0 atom stereocenters. The van der Waals surface area contributed by atoms with Crippen LogP contribution in [0.1, 0.15) is 0 Å². The van der Waals surface area contributed by atoms with Crippen LogP contribution < -0.4 is 5.32 Å². The summed E-state index contributed by atoms with van der Waals surface area (Å²) in [6.07, 6.45) is 5.85. The van der Waals surface area contributed by atoms with Gasteiger partial charge in [-0.25, -0.2) is 18.7 Å². The average molecular weight is 335 g/mol. The normalized spacial score (nSPS) is 10.8. The second-order valence-corrected chi connectivity index (χ2v) is 5.32. The molecule has 4 rings (SSSR count). The molecule has 5 nitrogen and oxygen atoms in total. The first-order valence-corrected chi connectivity index (χ1v) is 7.44. The second-order valence-electron chi connectivity index (χ2n) is 5.32. The maximum absolute atomic E-state index is 13.7. The number of nitrogens with zero attached hydrogens (tertiary/aromatic N) is 4. The highest BCUT2D eigenvalue weighted by Crippen LogP contribution is 2.27. The van der Waals surface area contributed by atoms with Gasteiger partial charge in [0.25, 0.3) is 0 Å². The van der Waals surface area contributed by atoms with E-state index in [0.717, 1.165) is 6.20 Å². The van der Waals surface area contributed by atoms with Crippen LogP contribution in [0.15, 0.2) is 61.2 Å². The molecule has 3 aromatic heterocycles. The highest BCUT2D eigenvalue weighted by atomic mass is 19.1. The standard InChI is InChI=1S/C18H11F2N5/c19-12-3-4-16-15(7-12)18(23-14-6-13(20)9-22-10-14)25-17(24-16)11-2-1-5-21-8-11/h1-10H,(H,23,24,25). The fourth-order valence-corrected chi connectivity index (χ4v) is 2.44. The van der Waals surface area contributed by atoms with Crippen molar-refractivity contribution in [2.75, 3.05) is 5.32 Å². The van der Waals surface area contributed by atoms with Crippen LogP contribution in [0.5, 0.6) is 0 Å². The molecule has 0 saturated heterocycles. The highest BCUT2D eigenvalue weighted by molar-refractivity contribution is 5.92. The Morgan fingerprint density at radius 1 is 0.840 bits per heavy atom. The lowest BCUT2D eigenvalue weighted by molar-refractivity contribution is 0.622. The van der Waals surface area contributed by atoms with E-state index >= 15 is 0 Å². The third kappa shape index (κ3) is 3.12. The number of hydrogen-bond acceptors (Lipinski definition) is 5. The minimum absolute atomic E-state index is 0.357. The van der Waals surface area contributed by atoms with E-state index in [1.165, 1.54) is 24.4 Å². The van der Waals surface area contributed by atoms with Crippen LogP contribution >= 0.6 is 0 Å². The molecule has 0 fully saturated rings. The summed E-state index contributed by atoms with van der Waals surface area (Å²) < 4.78 is 27.1. The van der Waals surface area contributed by atoms with Gasteiger partial charge >= 0.3 is 0 Å². The van der Waals surface area contributed by atoms with E-state index in [4.69, 9.17) is 0 Å². The van der Waals surface area contributed by atoms with Crippen LogP contribution in [0, 0.1) is 11.6 Å². The first-order valence-electron chi connectivity index (χ1n) is 7.44. The van der Waals surface area contributed by atoms with Crippen molar-refractivity contribution < 1.29 is 8.78 Å². The number of aromatic nitrogens is 4. The number of benzene rings is 1. The molecule has 0 aliphatic heterocycles. The predicted molar refractivity (Wildman–Crippen MR) is 90.2 cm³/mol. The van der Waals surface area contributed by atoms with Crippen molar-refractivity contribution in [3.63, 3.8) is 0 Å². The Kier molecular flexibility index (Phi) is 3.74. The van der Waals surface area contributed by atoms with Gasteiger partial charge in [0.2, 0.25) is 0 Å². The number of nitrogens with one attached hydrogen (secondary N) is 1. The molecule has 0 amide bonds. The van der Waals surface area contributed by atoms with Gasteiger partial charge in [-0.1, -0.05) is 0 Å². The Balaban J connectivity index is 1.89. The third-order valence-corrected chi connectivity index (χ3v) is 3.55. The number of hydrogen-bond donors (Lipinski definition) is 1. The van der Waals surface area contributed by atoms with E-state index in [0.29, 0.717) is 33.8 Å². The number of halogens is 2. The lowest BCUT2D eigenvalue weighted by Gasteiger charge is -2.11. The molecule has 3 heterocycles. The van der Waals surface area contributed by atoms with Crippen molar-refractivity contribution in [3.8, 4) is 11.4 Å². The third-order valence-electron chi connectivity index (χ3n) is 3.55. The first kappa shape index (κ1) is 15.1. The lowest BCUT2D eigenvalue weighted by atomic mass is 10.2. The molecular formula is C18H11F2N5. The summed E-state index contributed by atoms with van der Waals surface area (Å²) in [5.41, 5.74) is 1.68. The first-order chi connectivity index (χ1) is 12.2. The molecule has 0 aliphatic carbocycles. The topological polar surface area (TPSA) is 63.6 Å². The SMILES string of the molecule is Fc1cncc(Nc2nc(-c3cccnc3)nc3ccc(F)cc23)c1. The Hall–Kier alpha value is -3.48. The molecule has 4 aromatic rings. The fourth-order valence-electron chi connectivity index (χ4n) is 2.44. The van der Waals surface area contributed by atoms with E-state index in [9.17, 15) is 8.78 Å². The van der Waals surface area contributed by atoms with E-state index in [-0.39, 0.29) is 0 Å². The molecule has 0 saturated carbocycles. The summed E-state index contributed by atoms with van der Waals surface area (Å²) >= 11 is 0. The number of anilines is 2. The Labute approximate surface area is 141 Å². The molecular weight excluding hydrogens is 324 g/mol. The molecule has 0 radical (unpaired) electrons. The van der Waals surface area contributed by atoms with Crippen molar-refractivity contribution in [1.82, 2.24) is 19.9 Å². The number of fused-ring (bicyclic) bond motifs is 1. The van der Waals surface area contributed by atoms with Gasteiger partial charge in [-0.3, -0.25) is 9.97 Å². The van der Waals surface area contributed by atoms with Crippen molar-refractivity contribution in [3.05, 3.63) is 72.8 Å². The molecule has 0 aliphatic rings. The van der Waals surface area contributed by atoms with E-state index in [2.05, 4.69) is 25.3 Å². The van der Waals surface area contributed by atoms with Gasteiger partial charge in [0.1, 0.15) is 17.5 Å². The van der Waals surface area contributed by atoms with Crippen molar-refractivity contribution in [1.29, 1.82) is 0 Å². The van der Waals surface area contributed by atoms with Crippen LogP contribution in [0.2, 0.25) is 0 Å². The number of pyridine rings is 2. The molecule has 25 heavy (non-hydrogen) atoms. The van der Waals surface area contributed by atoms with Crippen LogP contribution in [0.25, 0.3) is 22.3 Å². The van der Waals surface area contributed by atoms with Gasteiger partial charge in [0.05, 0.1) is 23.6 Å².